The summed E-state index contributed by atoms with van der Waals surface area (Å²) in [6.07, 6.45) is 0.666. The Morgan fingerprint density at radius 1 is 1.17 bits per heavy atom. The Morgan fingerprint density at radius 2 is 1.91 bits per heavy atom. The molecule has 0 saturated heterocycles. The van der Waals surface area contributed by atoms with Gasteiger partial charge in [-0.25, -0.2) is 14.2 Å². The number of carbonyl (C=O) groups is 3. The molecule has 3 heterocycles. The number of amides is 3. The van der Waals surface area contributed by atoms with Crippen LogP contribution in [0.1, 0.15) is 22.5 Å². The Balaban J connectivity index is 1.54. The molecule has 2 aliphatic rings. The van der Waals surface area contributed by atoms with Gasteiger partial charge in [0.1, 0.15) is 12.0 Å². The molecule has 1 fully saturated rings. The Hall–Kier alpha value is -4.21. The van der Waals surface area contributed by atoms with Crippen LogP contribution >= 0.6 is 0 Å². The van der Waals surface area contributed by atoms with Crippen LogP contribution in [-0.4, -0.2) is 64.3 Å². The SMILES string of the molecule is CN(C)C(=O)N1CC(=O)c2c([nH]c(-c3ccnc(NC(=O)[C@@H]4C[C@@H]4F)c3)c2Nc2ccccc2)C1. The summed E-state index contributed by atoms with van der Waals surface area (Å²) in [7, 11) is 3.29. The number of aromatic nitrogens is 2. The summed E-state index contributed by atoms with van der Waals surface area (Å²) in [5.41, 5.74) is 3.79. The highest BCUT2D eigenvalue weighted by molar-refractivity contribution is 6.09. The third kappa shape index (κ3) is 4.46. The quantitative estimate of drug-likeness (QED) is 0.519. The van der Waals surface area contributed by atoms with E-state index in [1.54, 1.807) is 32.4 Å². The van der Waals surface area contributed by atoms with Crippen molar-refractivity contribution in [3.63, 3.8) is 0 Å². The van der Waals surface area contributed by atoms with Gasteiger partial charge in [0.05, 0.1) is 36.0 Å². The van der Waals surface area contributed by atoms with Crippen molar-refractivity contribution in [3.05, 3.63) is 59.9 Å². The maximum absolute atomic E-state index is 13.3. The maximum atomic E-state index is 13.3. The van der Waals surface area contributed by atoms with E-state index in [4.69, 9.17) is 0 Å². The van der Waals surface area contributed by atoms with Gasteiger partial charge in [-0.05, 0) is 30.7 Å². The number of ketones is 1. The Morgan fingerprint density at radius 3 is 2.60 bits per heavy atom. The third-order valence-corrected chi connectivity index (χ3v) is 6.09. The molecule has 1 aliphatic heterocycles. The number of urea groups is 1. The van der Waals surface area contributed by atoms with E-state index in [0.717, 1.165) is 5.69 Å². The van der Waals surface area contributed by atoms with E-state index in [-0.39, 0.29) is 31.3 Å². The van der Waals surface area contributed by atoms with Crippen molar-refractivity contribution in [1.29, 1.82) is 0 Å². The van der Waals surface area contributed by atoms with E-state index in [2.05, 4.69) is 20.6 Å². The number of hydrogen-bond acceptors (Lipinski definition) is 5. The first-order valence-corrected chi connectivity index (χ1v) is 11.3. The highest BCUT2D eigenvalue weighted by Crippen LogP contribution is 2.39. The van der Waals surface area contributed by atoms with Crippen LogP contribution in [0.2, 0.25) is 0 Å². The molecule has 9 nitrogen and oxygen atoms in total. The number of alkyl halides is 1. The summed E-state index contributed by atoms with van der Waals surface area (Å²) in [6.45, 7) is 0.212. The molecule has 0 bridgehead atoms. The third-order valence-electron chi connectivity index (χ3n) is 6.09. The molecule has 2 atom stereocenters. The van der Waals surface area contributed by atoms with Gasteiger partial charge >= 0.3 is 6.03 Å². The molecule has 0 radical (unpaired) electrons. The van der Waals surface area contributed by atoms with Crippen molar-refractivity contribution < 1.29 is 18.8 Å². The Bertz CT molecular complexity index is 1310. The molecule has 2 aromatic heterocycles. The second-order valence-electron chi connectivity index (χ2n) is 8.95. The molecule has 0 spiro atoms. The number of Topliss-reactive ketones (excluding diaryl/α,β-unsaturated/α-hetero) is 1. The van der Waals surface area contributed by atoms with E-state index < -0.39 is 18.0 Å². The van der Waals surface area contributed by atoms with Gasteiger partial charge in [-0.1, -0.05) is 18.2 Å². The Labute approximate surface area is 201 Å². The molecule has 3 amide bonds. The maximum Gasteiger partial charge on any atom is 0.320 e. The zero-order valence-corrected chi connectivity index (χ0v) is 19.3. The first-order valence-electron chi connectivity index (χ1n) is 11.3. The number of carbonyl (C=O) groups excluding carboxylic acids is 3. The number of benzene rings is 1. The molecule has 1 aromatic carbocycles. The molecule has 3 N–H and O–H groups in total. The van der Waals surface area contributed by atoms with Gasteiger partial charge in [-0.2, -0.15) is 0 Å². The first kappa shape index (κ1) is 22.6. The molecule has 3 aromatic rings. The number of pyridine rings is 1. The van der Waals surface area contributed by atoms with E-state index in [1.807, 2.05) is 30.3 Å². The first-order chi connectivity index (χ1) is 16.8. The second-order valence-corrected chi connectivity index (χ2v) is 8.95. The number of aromatic amines is 1. The van der Waals surface area contributed by atoms with Crippen LogP contribution in [0.25, 0.3) is 11.3 Å². The predicted octanol–water partition coefficient (Wildman–Crippen LogP) is 3.80. The molecule has 10 heteroatoms. The summed E-state index contributed by atoms with van der Waals surface area (Å²) in [6, 6.07) is 12.6. The number of H-pyrrole nitrogens is 1. The highest BCUT2D eigenvalue weighted by atomic mass is 19.1. The fourth-order valence-corrected chi connectivity index (χ4v) is 4.21. The second kappa shape index (κ2) is 8.86. The van der Waals surface area contributed by atoms with Crippen molar-refractivity contribution >= 4 is 34.9 Å². The zero-order valence-electron chi connectivity index (χ0n) is 19.3. The smallest absolute Gasteiger partial charge is 0.320 e. The minimum Gasteiger partial charge on any atom is -0.355 e. The van der Waals surface area contributed by atoms with E-state index in [9.17, 15) is 18.8 Å². The van der Waals surface area contributed by atoms with E-state index >= 15 is 0 Å². The molecule has 1 aliphatic carbocycles. The number of fused-ring (bicyclic) bond motifs is 1. The van der Waals surface area contributed by atoms with Crippen LogP contribution in [-0.2, 0) is 11.3 Å². The highest BCUT2D eigenvalue weighted by Gasteiger charge is 2.43. The van der Waals surface area contributed by atoms with Crippen LogP contribution < -0.4 is 10.6 Å². The lowest BCUT2D eigenvalue weighted by Crippen LogP contribution is -2.44. The molecular formula is C25H25FN6O3. The van der Waals surface area contributed by atoms with Gasteiger partial charge in [0.15, 0.2) is 5.78 Å². The molecular weight excluding hydrogens is 451 g/mol. The topological polar surface area (TPSA) is 110 Å². The van der Waals surface area contributed by atoms with Gasteiger partial charge in [0, 0.05) is 37.2 Å². The number of rotatable bonds is 5. The largest absolute Gasteiger partial charge is 0.355 e. The van der Waals surface area contributed by atoms with Crippen molar-refractivity contribution in [3.8, 4) is 11.3 Å². The van der Waals surface area contributed by atoms with Gasteiger partial charge in [0.2, 0.25) is 5.91 Å². The van der Waals surface area contributed by atoms with Crippen LogP contribution in [0.15, 0.2) is 48.7 Å². The van der Waals surface area contributed by atoms with Gasteiger partial charge in [0.25, 0.3) is 0 Å². The Kier molecular flexibility index (Phi) is 5.72. The molecule has 180 valence electrons. The number of hydrogen-bond donors (Lipinski definition) is 3. The van der Waals surface area contributed by atoms with Crippen molar-refractivity contribution in [2.75, 3.05) is 31.3 Å². The van der Waals surface area contributed by atoms with Crippen LogP contribution in [0, 0.1) is 5.92 Å². The number of nitrogens with zero attached hydrogens (tertiary/aromatic N) is 3. The average Bonchev–Trinajstić information content (AvgIpc) is 3.47. The van der Waals surface area contributed by atoms with Crippen molar-refractivity contribution in [2.45, 2.75) is 19.1 Å². The summed E-state index contributed by atoms with van der Waals surface area (Å²) in [5, 5.41) is 6.02. The molecule has 5 rings (SSSR count). The van der Waals surface area contributed by atoms with Crippen molar-refractivity contribution in [2.24, 2.45) is 5.92 Å². The number of para-hydroxylation sites is 1. The molecule has 35 heavy (non-hydrogen) atoms. The van der Waals surface area contributed by atoms with Crippen LogP contribution in [0.3, 0.4) is 0 Å². The summed E-state index contributed by atoms with van der Waals surface area (Å²) in [5.74, 6) is -0.928. The fraction of sp³-hybridized carbons (Fsp3) is 0.280. The van der Waals surface area contributed by atoms with Gasteiger partial charge < -0.3 is 25.4 Å². The normalized spacial score (nSPS) is 18.6. The van der Waals surface area contributed by atoms with Crippen LogP contribution in [0.4, 0.5) is 26.4 Å². The van der Waals surface area contributed by atoms with Crippen molar-refractivity contribution in [1.82, 2.24) is 19.8 Å². The molecule has 1 saturated carbocycles. The van der Waals surface area contributed by atoms with E-state index in [1.165, 1.54) is 9.80 Å². The minimum absolute atomic E-state index is 0.0335. The van der Waals surface area contributed by atoms with E-state index in [0.29, 0.717) is 34.0 Å². The fourth-order valence-electron chi connectivity index (χ4n) is 4.21. The standard InChI is InChI=1S/C25H25FN6O3/c1-31(2)25(35)32-12-18-21(19(33)13-32)23(28-15-6-4-3-5-7-15)22(29-18)14-8-9-27-20(10-14)30-24(34)16-11-17(16)26/h3-10,16-17,28-29H,11-13H2,1-2H3,(H,27,30,34)/t16-,17+/m1/s1. The minimum atomic E-state index is -1.10. The number of nitrogens with one attached hydrogen (secondary N) is 3. The summed E-state index contributed by atoms with van der Waals surface area (Å²) >= 11 is 0. The number of anilines is 3. The average molecular weight is 477 g/mol. The number of halogens is 1. The van der Waals surface area contributed by atoms with Gasteiger partial charge in [-0.3, -0.25) is 9.59 Å². The lowest BCUT2D eigenvalue weighted by molar-refractivity contribution is -0.117. The zero-order chi connectivity index (χ0) is 24.7. The predicted molar refractivity (Wildman–Crippen MR) is 129 cm³/mol. The lowest BCUT2D eigenvalue weighted by atomic mass is 10.0. The molecule has 0 unspecified atom stereocenters. The van der Waals surface area contributed by atoms with Crippen LogP contribution in [0.5, 0.6) is 0 Å². The summed E-state index contributed by atoms with van der Waals surface area (Å²) in [4.78, 5) is 48.4. The lowest BCUT2D eigenvalue weighted by Gasteiger charge is -2.28. The van der Waals surface area contributed by atoms with Gasteiger partial charge in [-0.15, -0.1) is 0 Å². The monoisotopic (exact) mass is 476 g/mol. The summed E-state index contributed by atoms with van der Waals surface area (Å²) < 4.78 is 13.3.